The van der Waals surface area contributed by atoms with Crippen molar-refractivity contribution in [2.24, 2.45) is 0 Å². The first kappa shape index (κ1) is 22.5. The average Bonchev–Trinajstić information content (AvgIpc) is 2.55. The molecule has 0 aliphatic carbocycles. The van der Waals surface area contributed by atoms with Crippen molar-refractivity contribution in [1.82, 2.24) is 9.97 Å². The van der Waals surface area contributed by atoms with E-state index in [2.05, 4.69) is 19.5 Å². The fourth-order valence-electron chi connectivity index (χ4n) is 1.67. The number of anilines is 1. The summed E-state index contributed by atoms with van der Waals surface area (Å²) in [7, 11) is -5.52. The van der Waals surface area contributed by atoms with Gasteiger partial charge in [-0.2, -0.15) is 13.3 Å². The van der Waals surface area contributed by atoms with E-state index in [1.807, 2.05) is 0 Å². The molecule has 7 nitrogen and oxygen atoms in total. The lowest BCUT2D eigenvalue weighted by molar-refractivity contribution is -0.322. The minimum Gasteiger partial charge on any atom is -0.371 e. The normalized spacial score (nSPS) is 12.7. The highest BCUT2D eigenvalue weighted by Crippen LogP contribution is 2.31. The maximum Gasteiger partial charge on any atom is 0.575 e. The highest BCUT2D eigenvalue weighted by Gasteiger charge is 2.41. The number of halogens is 9. The Kier molecular flexibility index (Phi) is 5.84. The first-order valence-electron chi connectivity index (χ1n) is 6.64. The number of sulfonamides is 1. The van der Waals surface area contributed by atoms with Crippen LogP contribution >= 0.6 is 0 Å². The van der Waals surface area contributed by atoms with Gasteiger partial charge in [0.2, 0.25) is 0 Å². The first-order valence-corrected chi connectivity index (χ1v) is 8.08. The van der Waals surface area contributed by atoms with Crippen LogP contribution in [0.15, 0.2) is 29.4 Å². The molecule has 160 valence electrons. The molecule has 29 heavy (non-hydrogen) atoms. The molecule has 0 fully saturated rings. The summed E-state index contributed by atoms with van der Waals surface area (Å²) >= 11 is 0. The average molecular weight is 457 g/mol. The number of hydrogen-bond donors (Lipinski definition) is 0. The number of alkyl halides is 6. The van der Waals surface area contributed by atoms with Crippen molar-refractivity contribution in [1.29, 1.82) is 0 Å². The van der Waals surface area contributed by atoms with Crippen LogP contribution in [-0.2, 0) is 14.9 Å². The molecule has 0 spiro atoms. The number of hydrogen-bond acceptors (Lipinski definition) is 6. The van der Waals surface area contributed by atoms with Gasteiger partial charge in [-0.25, -0.2) is 23.1 Å². The zero-order valence-electron chi connectivity index (χ0n) is 13.1. The smallest absolute Gasteiger partial charge is 0.371 e. The van der Waals surface area contributed by atoms with E-state index >= 15 is 0 Å². The van der Waals surface area contributed by atoms with Crippen molar-refractivity contribution >= 4 is 15.7 Å². The molecular formula is C12H4F9N3O4S. The Hall–Kier alpha value is -2.82. The van der Waals surface area contributed by atoms with E-state index in [1.165, 1.54) is 0 Å². The van der Waals surface area contributed by atoms with Gasteiger partial charge < -0.3 is 4.74 Å². The summed E-state index contributed by atoms with van der Waals surface area (Å²) in [4.78, 5) is 7.63. The maximum atomic E-state index is 13.3. The van der Waals surface area contributed by atoms with E-state index < -0.39 is 61.3 Å². The van der Waals surface area contributed by atoms with Crippen LogP contribution in [-0.4, -0.2) is 31.1 Å². The maximum absolute atomic E-state index is 13.3. The second kappa shape index (κ2) is 7.54. The molecule has 0 saturated heterocycles. The Bertz CT molecular complexity index is 970. The van der Waals surface area contributed by atoms with E-state index in [-0.39, 0.29) is 24.5 Å². The van der Waals surface area contributed by atoms with Crippen LogP contribution in [0.3, 0.4) is 0 Å². The van der Waals surface area contributed by atoms with E-state index in [0.717, 1.165) is 0 Å². The van der Waals surface area contributed by atoms with E-state index in [9.17, 15) is 47.9 Å². The van der Waals surface area contributed by atoms with Gasteiger partial charge in [0.1, 0.15) is 4.90 Å². The molecule has 1 aromatic carbocycles. The molecule has 0 unspecified atom stereocenters. The molecule has 2 aromatic rings. The molecule has 0 radical (unpaired) electrons. The van der Waals surface area contributed by atoms with Crippen LogP contribution < -0.4 is 9.21 Å². The van der Waals surface area contributed by atoms with E-state index in [4.69, 9.17) is 0 Å². The van der Waals surface area contributed by atoms with E-state index in [0.29, 0.717) is 0 Å². The van der Waals surface area contributed by atoms with Crippen LogP contribution in [0.1, 0.15) is 0 Å². The standard InChI is InChI=1S/C12H4F9N3O4S/c13-7-1-5(2-8(14)9(7)15)24(28-12(19,20)21)29(25,26)6-3-22-10(23-4-6)27-11(16,17)18/h1-4H. The molecule has 0 bridgehead atoms. The fraction of sp³-hybridized carbons (Fsp3) is 0.167. The van der Waals surface area contributed by atoms with Crippen LogP contribution in [0.2, 0.25) is 0 Å². The summed E-state index contributed by atoms with van der Waals surface area (Å²) in [6.45, 7) is 0. The number of rotatable bonds is 5. The predicted molar refractivity (Wildman–Crippen MR) is 71.8 cm³/mol. The molecule has 17 heteroatoms. The predicted octanol–water partition coefficient (Wildman–Crippen LogP) is 3.44. The lowest BCUT2D eigenvalue weighted by atomic mass is 10.3. The number of aromatic nitrogens is 2. The highest BCUT2D eigenvalue weighted by molar-refractivity contribution is 7.92. The fourth-order valence-corrected chi connectivity index (χ4v) is 2.80. The van der Waals surface area contributed by atoms with Crippen LogP contribution in [0.5, 0.6) is 6.01 Å². The second-order valence-corrected chi connectivity index (χ2v) is 6.49. The van der Waals surface area contributed by atoms with Crippen LogP contribution in [0, 0.1) is 17.5 Å². The molecule has 2 rings (SSSR count). The SMILES string of the molecule is O=S(=O)(c1cnc(OC(F)(F)F)nc1)N(OC(F)(F)F)c1cc(F)c(F)c(F)c1. The zero-order valence-corrected chi connectivity index (χ0v) is 13.9. The van der Waals surface area contributed by atoms with Gasteiger partial charge in [-0.15, -0.1) is 30.8 Å². The van der Waals surface area contributed by atoms with Gasteiger partial charge in [-0.05, 0) is 0 Å². The quantitative estimate of drug-likeness (QED) is 0.389. The highest BCUT2D eigenvalue weighted by atomic mass is 32.2. The van der Waals surface area contributed by atoms with Gasteiger partial charge in [0.15, 0.2) is 17.5 Å². The number of nitrogens with zero attached hydrogens (tertiary/aromatic N) is 3. The monoisotopic (exact) mass is 457 g/mol. The van der Waals surface area contributed by atoms with Gasteiger partial charge in [0.05, 0.1) is 18.1 Å². The molecule has 0 atom stereocenters. The van der Waals surface area contributed by atoms with Crippen molar-refractivity contribution in [2.75, 3.05) is 4.47 Å². The first-order chi connectivity index (χ1) is 13.1. The number of ether oxygens (including phenoxy) is 1. The van der Waals surface area contributed by atoms with Gasteiger partial charge in [0.25, 0.3) is 10.0 Å². The van der Waals surface area contributed by atoms with Crippen molar-refractivity contribution < 1.29 is 57.5 Å². The number of benzene rings is 1. The summed E-state index contributed by atoms with van der Waals surface area (Å²) in [6.07, 6.45) is -10.8. The summed E-state index contributed by atoms with van der Waals surface area (Å²) in [5.41, 5.74) is -1.46. The molecule has 0 N–H and O–H groups in total. The minimum atomic E-state index is -5.73. The third kappa shape index (κ3) is 5.59. The van der Waals surface area contributed by atoms with Gasteiger partial charge in [0, 0.05) is 12.1 Å². The summed E-state index contributed by atoms with van der Waals surface area (Å²) < 4.78 is 140. The summed E-state index contributed by atoms with van der Waals surface area (Å²) in [5, 5.41) is 0. The molecule has 0 amide bonds. The summed E-state index contributed by atoms with van der Waals surface area (Å²) in [5.74, 6) is -6.23. The van der Waals surface area contributed by atoms with E-state index in [1.54, 1.807) is 0 Å². The summed E-state index contributed by atoms with van der Waals surface area (Å²) in [6, 6.07) is -1.67. The molecule has 0 aliphatic heterocycles. The minimum absolute atomic E-state index is 0.104. The largest absolute Gasteiger partial charge is 0.575 e. The molecular weight excluding hydrogens is 453 g/mol. The van der Waals surface area contributed by atoms with Crippen molar-refractivity contribution in [3.05, 3.63) is 42.0 Å². The van der Waals surface area contributed by atoms with Gasteiger partial charge in [-0.1, -0.05) is 0 Å². The third-order valence-electron chi connectivity index (χ3n) is 2.69. The Morgan fingerprint density at radius 2 is 1.34 bits per heavy atom. The molecule has 1 heterocycles. The van der Waals surface area contributed by atoms with Crippen molar-refractivity contribution in [3.8, 4) is 6.01 Å². The third-order valence-corrected chi connectivity index (χ3v) is 4.22. The van der Waals surface area contributed by atoms with Gasteiger partial charge in [-0.3, -0.25) is 0 Å². The zero-order chi connectivity index (χ0) is 22.2. The Morgan fingerprint density at radius 3 is 1.76 bits per heavy atom. The Labute approximate surface area is 154 Å². The second-order valence-electron chi connectivity index (χ2n) is 4.74. The van der Waals surface area contributed by atoms with Crippen molar-refractivity contribution in [3.63, 3.8) is 0 Å². The topological polar surface area (TPSA) is 81.6 Å². The molecule has 0 aliphatic rings. The lowest BCUT2D eigenvalue weighted by Crippen LogP contribution is -2.37. The Balaban J connectivity index is 2.52. The Morgan fingerprint density at radius 1 is 0.862 bits per heavy atom. The lowest BCUT2D eigenvalue weighted by Gasteiger charge is -2.24. The van der Waals surface area contributed by atoms with Crippen LogP contribution in [0.25, 0.3) is 0 Å². The van der Waals surface area contributed by atoms with Crippen LogP contribution in [0.4, 0.5) is 45.2 Å². The molecule has 1 aromatic heterocycles. The molecule has 0 saturated carbocycles. The van der Waals surface area contributed by atoms with Gasteiger partial charge >= 0.3 is 18.7 Å². The van der Waals surface area contributed by atoms with Crippen molar-refractivity contribution in [2.45, 2.75) is 17.6 Å².